The van der Waals surface area contributed by atoms with Gasteiger partial charge in [-0.3, -0.25) is 9.78 Å². The zero-order valence-electron chi connectivity index (χ0n) is 24.4. The minimum Gasteiger partial charge on any atom is -0.392 e. The number of piperidine rings is 1. The molecule has 1 amide bonds. The van der Waals surface area contributed by atoms with Gasteiger partial charge in [-0.05, 0) is 65.9 Å². The van der Waals surface area contributed by atoms with Crippen molar-refractivity contribution in [1.82, 2.24) is 15.2 Å². The number of aliphatic hydroxyl groups is 1. The first-order valence-corrected chi connectivity index (χ1v) is 15.3. The molecule has 3 heterocycles. The number of hydrogen-bond donors (Lipinski definition) is 2. The maximum atomic E-state index is 12.6. The lowest BCUT2D eigenvalue weighted by molar-refractivity contribution is -0.253. The quantitative estimate of drug-likeness (QED) is 0.246. The Morgan fingerprint density at radius 2 is 1.65 bits per heavy atom. The highest BCUT2D eigenvalue weighted by molar-refractivity contribution is 5.93. The lowest BCUT2D eigenvalue weighted by atomic mass is 9.97. The second kappa shape index (κ2) is 14.1. The summed E-state index contributed by atoms with van der Waals surface area (Å²) in [5.74, 6) is -0.149. The van der Waals surface area contributed by atoms with Crippen LogP contribution in [-0.2, 0) is 22.6 Å². The van der Waals surface area contributed by atoms with Gasteiger partial charge in [-0.25, -0.2) is 0 Å². The van der Waals surface area contributed by atoms with Crippen LogP contribution in [0, 0.1) is 0 Å². The van der Waals surface area contributed by atoms with Gasteiger partial charge in [-0.2, -0.15) is 0 Å². The van der Waals surface area contributed by atoms with Crippen molar-refractivity contribution in [2.75, 3.05) is 19.6 Å². The maximum absolute atomic E-state index is 12.6. The molecule has 0 bridgehead atoms. The van der Waals surface area contributed by atoms with Gasteiger partial charge in [0.25, 0.3) is 5.91 Å². The van der Waals surface area contributed by atoms with Crippen LogP contribution in [0.1, 0.15) is 70.7 Å². The van der Waals surface area contributed by atoms with E-state index >= 15 is 0 Å². The van der Waals surface area contributed by atoms with Gasteiger partial charge < -0.3 is 24.8 Å². The second-order valence-corrected chi connectivity index (χ2v) is 11.4. The Bertz CT molecular complexity index is 1470. The van der Waals surface area contributed by atoms with E-state index in [0.717, 1.165) is 59.4 Å². The third-order valence-electron chi connectivity index (χ3n) is 8.40. The molecule has 3 atom stereocenters. The third kappa shape index (κ3) is 7.37. The summed E-state index contributed by atoms with van der Waals surface area (Å²) in [6.45, 7) is 3.59. The molecule has 1 aromatic heterocycles. The summed E-state index contributed by atoms with van der Waals surface area (Å²) < 4.78 is 13.2. The van der Waals surface area contributed by atoms with E-state index in [2.05, 4.69) is 57.7 Å². The maximum Gasteiger partial charge on any atom is 0.253 e. The van der Waals surface area contributed by atoms with E-state index in [0.29, 0.717) is 12.1 Å². The average Bonchev–Trinajstić information content (AvgIpc) is 3.08. The SMILES string of the molecule is O=C(NCc1ccccc1-c1ccc([C@H]2O[C@@H](CN3CCCCC3)C[C@@H](c3ccc(CO)cc3)O2)cc1)c1cccnc1. The molecule has 222 valence electrons. The molecular weight excluding hydrogens is 538 g/mol. The van der Waals surface area contributed by atoms with E-state index < -0.39 is 6.29 Å². The van der Waals surface area contributed by atoms with Crippen molar-refractivity contribution in [1.29, 1.82) is 0 Å². The highest BCUT2D eigenvalue weighted by Gasteiger charge is 2.33. The van der Waals surface area contributed by atoms with Crippen LogP contribution in [0.5, 0.6) is 0 Å². The Balaban J connectivity index is 1.18. The molecule has 0 saturated carbocycles. The van der Waals surface area contributed by atoms with Crippen LogP contribution < -0.4 is 5.32 Å². The molecule has 0 radical (unpaired) electrons. The number of aliphatic hydroxyl groups excluding tert-OH is 1. The monoisotopic (exact) mass is 577 g/mol. The van der Waals surface area contributed by atoms with Crippen LogP contribution in [0.25, 0.3) is 11.1 Å². The number of nitrogens with one attached hydrogen (secondary N) is 1. The van der Waals surface area contributed by atoms with E-state index in [1.54, 1.807) is 24.5 Å². The number of nitrogens with zero attached hydrogens (tertiary/aromatic N) is 2. The summed E-state index contributed by atoms with van der Waals surface area (Å²) in [5, 5.41) is 12.5. The molecule has 6 rings (SSSR count). The highest BCUT2D eigenvalue weighted by Crippen LogP contribution is 2.39. The molecule has 2 N–H and O–H groups in total. The van der Waals surface area contributed by atoms with Gasteiger partial charge >= 0.3 is 0 Å². The van der Waals surface area contributed by atoms with Crippen LogP contribution in [0.4, 0.5) is 0 Å². The number of hydrogen-bond acceptors (Lipinski definition) is 6. The summed E-state index contributed by atoms with van der Waals surface area (Å²) in [5.41, 5.74) is 6.68. The van der Waals surface area contributed by atoms with Crippen molar-refractivity contribution >= 4 is 5.91 Å². The standard InChI is InChI=1S/C36H39N3O4/c40-25-26-10-12-28(13-11-26)34-21-32(24-39-19-4-1-5-20-39)42-36(43-34)29-16-14-27(15-17-29)33-9-3-2-7-30(33)23-38-35(41)31-8-6-18-37-22-31/h2-3,6-18,22,32,34,36,40H,1,4-5,19-21,23-25H2,(H,38,41)/t32-,34+,36+/m1/s1. The van der Waals surface area contributed by atoms with Gasteiger partial charge in [-0.1, -0.05) is 79.2 Å². The topological polar surface area (TPSA) is 83.9 Å². The van der Waals surface area contributed by atoms with Crippen molar-refractivity contribution in [2.24, 2.45) is 0 Å². The Hall–Kier alpha value is -3.88. The minimum absolute atomic E-state index is 0.0292. The van der Waals surface area contributed by atoms with Gasteiger partial charge in [0, 0.05) is 37.5 Å². The third-order valence-corrected chi connectivity index (χ3v) is 8.40. The normalized spacial score (nSPS) is 20.9. The number of carbonyl (C=O) groups is 1. The molecule has 2 saturated heterocycles. The number of aromatic nitrogens is 1. The fourth-order valence-corrected chi connectivity index (χ4v) is 6.01. The fraction of sp³-hybridized carbons (Fsp3) is 0.333. The average molecular weight is 578 g/mol. The predicted molar refractivity (Wildman–Crippen MR) is 166 cm³/mol. The largest absolute Gasteiger partial charge is 0.392 e. The number of likely N-dealkylation sites (tertiary alicyclic amines) is 1. The number of amides is 1. The highest BCUT2D eigenvalue weighted by atomic mass is 16.7. The number of ether oxygens (including phenoxy) is 2. The zero-order chi connectivity index (χ0) is 29.4. The Morgan fingerprint density at radius 1 is 0.884 bits per heavy atom. The Morgan fingerprint density at radius 3 is 2.40 bits per heavy atom. The van der Waals surface area contributed by atoms with Crippen molar-refractivity contribution in [3.63, 3.8) is 0 Å². The van der Waals surface area contributed by atoms with Gasteiger partial charge in [-0.15, -0.1) is 0 Å². The van der Waals surface area contributed by atoms with Gasteiger partial charge in [0.05, 0.1) is 24.4 Å². The molecule has 43 heavy (non-hydrogen) atoms. The van der Waals surface area contributed by atoms with E-state index in [1.807, 2.05) is 30.3 Å². The second-order valence-electron chi connectivity index (χ2n) is 11.4. The van der Waals surface area contributed by atoms with E-state index in [9.17, 15) is 9.90 Å². The zero-order valence-corrected chi connectivity index (χ0v) is 24.4. The Kier molecular flexibility index (Phi) is 9.55. The van der Waals surface area contributed by atoms with Crippen LogP contribution in [0.3, 0.4) is 0 Å². The number of pyridine rings is 1. The molecule has 0 aliphatic carbocycles. The predicted octanol–water partition coefficient (Wildman–Crippen LogP) is 6.20. The van der Waals surface area contributed by atoms with Crippen molar-refractivity contribution in [3.05, 3.63) is 125 Å². The van der Waals surface area contributed by atoms with Crippen LogP contribution in [-0.4, -0.2) is 46.6 Å². The van der Waals surface area contributed by atoms with Gasteiger partial charge in [0.2, 0.25) is 0 Å². The smallest absolute Gasteiger partial charge is 0.253 e. The first-order chi connectivity index (χ1) is 21.2. The molecule has 7 nitrogen and oxygen atoms in total. The van der Waals surface area contributed by atoms with Gasteiger partial charge in [0.1, 0.15) is 0 Å². The number of carbonyl (C=O) groups excluding carboxylic acids is 1. The Labute approximate surface area is 253 Å². The molecule has 3 aromatic carbocycles. The van der Waals surface area contributed by atoms with Crippen molar-refractivity contribution < 1.29 is 19.4 Å². The van der Waals surface area contributed by atoms with Crippen molar-refractivity contribution in [3.8, 4) is 11.1 Å². The minimum atomic E-state index is -0.478. The lowest BCUT2D eigenvalue weighted by Crippen LogP contribution is -2.41. The first-order valence-electron chi connectivity index (χ1n) is 15.3. The molecule has 2 aliphatic heterocycles. The molecule has 7 heteroatoms. The molecular formula is C36H39N3O4. The lowest BCUT2D eigenvalue weighted by Gasteiger charge is -2.39. The number of rotatable bonds is 9. The van der Waals surface area contributed by atoms with Crippen LogP contribution in [0.2, 0.25) is 0 Å². The molecule has 2 aliphatic rings. The molecule has 4 aromatic rings. The summed E-state index contributed by atoms with van der Waals surface area (Å²) in [7, 11) is 0. The molecule has 2 fully saturated rings. The van der Waals surface area contributed by atoms with Crippen molar-refractivity contribution in [2.45, 2.75) is 57.3 Å². The van der Waals surface area contributed by atoms with Crippen LogP contribution >= 0.6 is 0 Å². The van der Waals surface area contributed by atoms with E-state index in [-0.39, 0.29) is 24.7 Å². The van der Waals surface area contributed by atoms with Crippen LogP contribution in [0.15, 0.2) is 97.3 Å². The summed E-state index contributed by atoms with van der Waals surface area (Å²) in [6, 6.07) is 28.1. The summed E-state index contributed by atoms with van der Waals surface area (Å²) in [4.78, 5) is 19.2. The molecule has 0 unspecified atom stereocenters. The summed E-state index contributed by atoms with van der Waals surface area (Å²) in [6.07, 6.45) is 7.30. The molecule has 0 spiro atoms. The van der Waals surface area contributed by atoms with Gasteiger partial charge in [0.15, 0.2) is 6.29 Å². The summed E-state index contributed by atoms with van der Waals surface area (Å²) >= 11 is 0. The first kappa shape index (κ1) is 29.2. The number of benzene rings is 3. The fourth-order valence-electron chi connectivity index (χ4n) is 6.01. The van der Waals surface area contributed by atoms with E-state index in [4.69, 9.17) is 9.47 Å². The van der Waals surface area contributed by atoms with E-state index in [1.165, 1.54) is 19.3 Å².